The van der Waals surface area contributed by atoms with E-state index in [1.807, 2.05) is 25.7 Å². The molecule has 25 heavy (non-hydrogen) atoms. The SMILES string of the molecule is Cc1nc(NC(=O)C(C)N2CCN(C(=O)C3CCCO3)CC2)sc1C. The minimum absolute atomic E-state index is 0.0485. The predicted molar refractivity (Wildman–Crippen MR) is 96.8 cm³/mol. The molecule has 2 aliphatic rings. The first-order valence-electron chi connectivity index (χ1n) is 8.85. The van der Waals surface area contributed by atoms with E-state index in [0.717, 1.165) is 23.4 Å². The Morgan fingerprint density at radius 3 is 2.56 bits per heavy atom. The minimum Gasteiger partial charge on any atom is -0.368 e. The second kappa shape index (κ2) is 7.80. The second-order valence-electron chi connectivity index (χ2n) is 6.69. The number of carbonyl (C=O) groups is 2. The van der Waals surface area contributed by atoms with Gasteiger partial charge in [0, 0.05) is 37.7 Å². The Balaban J connectivity index is 1.49. The molecule has 1 N–H and O–H groups in total. The number of aryl methyl sites for hydroxylation is 2. The molecule has 0 radical (unpaired) electrons. The van der Waals surface area contributed by atoms with Crippen molar-refractivity contribution in [1.82, 2.24) is 14.8 Å². The highest BCUT2D eigenvalue weighted by Crippen LogP contribution is 2.22. The van der Waals surface area contributed by atoms with Gasteiger partial charge in [0.25, 0.3) is 5.91 Å². The fourth-order valence-electron chi connectivity index (χ4n) is 3.21. The Hall–Kier alpha value is -1.51. The van der Waals surface area contributed by atoms with Crippen LogP contribution in [0.15, 0.2) is 0 Å². The van der Waals surface area contributed by atoms with Crippen LogP contribution in [0.1, 0.15) is 30.3 Å². The molecule has 0 bridgehead atoms. The zero-order chi connectivity index (χ0) is 18.0. The van der Waals surface area contributed by atoms with Gasteiger partial charge in [0.15, 0.2) is 5.13 Å². The number of piperazine rings is 1. The van der Waals surface area contributed by atoms with Gasteiger partial charge >= 0.3 is 0 Å². The van der Waals surface area contributed by atoms with E-state index in [1.54, 1.807) is 0 Å². The maximum absolute atomic E-state index is 12.5. The maximum atomic E-state index is 12.5. The number of nitrogens with zero attached hydrogens (tertiary/aromatic N) is 3. The van der Waals surface area contributed by atoms with Gasteiger partial charge in [0.05, 0.1) is 11.7 Å². The number of aromatic nitrogens is 1. The lowest BCUT2D eigenvalue weighted by molar-refractivity contribution is -0.143. The fraction of sp³-hybridized carbons (Fsp3) is 0.706. The lowest BCUT2D eigenvalue weighted by Gasteiger charge is -2.38. The molecule has 138 valence electrons. The van der Waals surface area contributed by atoms with Crippen molar-refractivity contribution in [3.8, 4) is 0 Å². The van der Waals surface area contributed by atoms with Gasteiger partial charge < -0.3 is 15.0 Å². The van der Waals surface area contributed by atoms with Crippen molar-refractivity contribution in [3.05, 3.63) is 10.6 Å². The van der Waals surface area contributed by atoms with E-state index in [9.17, 15) is 9.59 Å². The van der Waals surface area contributed by atoms with Crippen LogP contribution >= 0.6 is 11.3 Å². The highest BCUT2D eigenvalue weighted by atomic mass is 32.1. The topological polar surface area (TPSA) is 74.8 Å². The zero-order valence-electron chi connectivity index (χ0n) is 15.1. The normalized spacial score (nSPS) is 22.8. The average Bonchev–Trinajstić information content (AvgIpc) is 3.24. The van der Waals surface area contributed by atoms with Crippen LogP contribution in [0, 0.1) is 13.8 Å². The van der Waals surface area contributed by atoms with Gasteiger partial charge in [-0.15, -0.1) is 11.3 Å². The third-order valence-electron chi connectivity index (χ3n) is 5.02. The third kappa shape index (κ3) is 4.19. The molecule has 1 aromatic heterocycles. The molecular weight excluding hydrogens is 340 g/mol. The van der Waals surface area contributed by atoms with Gasteiger partial charge in [-0.05, 0) is 33.6 Å². The number of hydrogen-bond acceptors (Lipinski definition) is 6. The first-order valence-corrected chi connectivity index (χ1v) is 9.66. The van der Waals surface area contributed by atoms with Crippen molar-refractivity contribution in [3.63, 3.8) is 0 Å². The molecule has 2 unspecified atom stereocenters. The van der Waals surface area contributed by atoms with E-state index in [2.05, 4.69) is 15.2 Å². The van der Waals surface area contributed by atoms with Crippen molar-refractivity contribution in [2.75, 3.05) is 38.1 Å². The van der Waals surface area contributed by atoms with Crippen LogP contribution in [-0.2, 0) is 14.3 Å². The number of rotatable bonds is 4. The lowest BCUT2D eigenvalue weighted by atomic mass is 10.1. The number of anilines is 1. The first-order chi connectivity index (χ1) is 12.0. The van der Waals surface area contributed by atoms with Crippen LogP contribution in [0.5, 0.6) is 0 Å². The monoisotopic (exact) mass is 366 g/mol. The third-order valence-corrected chi connectivity index (χ3v) is 6.01. The average molecular weight is 366 g/mol. The van der Waals surface area contributed by atoms with E-state index in [4.69, 9.17) is 4.74 Å². The van der Waals surface area contributed by atoms with Crippen LogP contribution in [0.2, 0.25) is 0 Å². The number of nitrogens with one attached hydrogen (secondary N) is 1. The summed E-state index contributed by atoms with van der Waals surface area (Å²) in [5, 5.41) is 3.56. The summed E-state index contributed by atoms with van der Waals surface area (Å²) in [4.78, 5) is 34.3. The molecule has 2 amide bonds. The van der Waals surface area contributed by atoms with E-state index in [0.29, 0.717) is 37.9 Å². The van der Waals surface area contributed by atoms with Gasteiger partial charge in [0.2, 0.25) is 5.91 Å². The Morgan fingerprint density at radius 1 is 1.28 bits per heavy atom. The van der Waals surface area contributed by atoms with Crippen LogP contribution in [0.4, 0.5) is 5.13 Å². The summed E-state index contributed by atoms with van der Waals surface area (Å²) >= 11 is 1.50. The van der Waals surface area contributed by atoms with E-state index in [1.165, 1.54) is 11.3 Å². The fourth-order valence-corrected chi connectivity index (χ4v) is 4.03. The van der Waals surface area contributed by atoms with Crippen molar-refractivity contribution in [1.29, 1.82) is 0 Å². The largest absolute Gasteiger partial charge is 0.368 e. The molecule has 2 atom stereocenters. The Kier molecular flexibility index (Phi) is 5.71. The molecule has 2 fully saturated rings. The summed E-state index contributed by atoms with van der Waals surface area (Å²) in [6, 6.07) is -0.246. The second-order valence-corrected chi connectivity index (χ2v) is 7.89. The summed E-state index contributed by atoms with van der Waals surface area (Å²) < 4.78 is 5.48. The predicted octanol–water partition coefficient (Wildman–Crippen LogP) is 1.41. The van der Waals surface area contributed by atoms with E-state index in [-0.39, 0.29) is 24.0 Å². The number of ether oxygens (including phenoxy) is 1. The molecule has 3 heterocycles. The zero-order valence-corrected chi connectivity index (χ0v) is 15.9. The molecular formula is C17H26N4O3S. The van der Waals surface area contributed by atoms with Crippen LogP contribution in [-0.4, -0.2) is 71.5 Å². The molecule has 0 aromatic carbocycles. The molecule has 7 nitrogen and oxygen atoms in total. The molecule has 0 spiro atoms. The molecule has 0 saturated carbocycles. The van der Waals surface area contributed by atoms with Gasteiger partial charge in [0.1, 0.15) is 6.10 Å². The molecule has 3 rings (SSSR count). The molecule has 2 aliphatic heterocycles. The Morgan fingerprint density at radius 2 is 2.00 bits per heavy atom. The van der Waals surface area contributed by atoms with Crippen molar-refractivity contribution < 1.29 is 14.3 Å². The molecule has 8 heteroatoms. The maximum Gasteiger partial charge on any atom is 0.251 e. The minimum atomic E-state index is -0.261. The van der Waals surface area contributed by atoms with Gasteiger partial charge in [-0.3, -0.25) is 14.5 Å². The number of hydrogen-bond donors (Lipinski definition) is 1. The Labute approximate surface area is 152 Å². The van der Waals surface area contributed by atoms with Gasteiger partial charge in [-0.1, -0.05) is 0 Å². The highest BCUT2D eigenvalue weighted by Gasteiger charge is 2.32. The van der Waals surface area contributed by atoms with Crippen LogP contribution < -0.4 is 5.32 Å². The molecule has 2 saturated heterocycles. The smallest absolute Gasteiger partial charge is 0.251 e. The molecule has 0 aliphatic carbocycles. The van der Waals surface area contributed by atoms with E-state index < -0.39 is 0 Å². The van der Waals surface area contributed by atoms with Crippen molar-refractivity contribution in [2.24, 2.45) is 0 Å². The summed E-state index contributed by atoms with van der Waals surface area (Å²) in [7, 11) is 0. The lowest BCUT2D eigenvalue weighted by Crippen LogP contribution is -2.55. The Bertz CT molecular complexity index is 614. The van der Waals surface area contributed by atoms with Crippen LogP contribution in [0.3, 0.4) is 0 Å². The summed E-state index contributed by atoms with van der Waals surface area (Å²) in [5.74, 6) is 0.0515. The van der Waals surface area contributed by atoms with E-state index >= 15 is 0 Å². The summed E-state index contributed by atoms with van der Waals surface area (Å²) in [5.41, 5.74) is 0.953. The van der Waals surface area contributed by atoms with Gasteiger partial charge in [-0.2, -0.15) is 0 Å². The standard InChI is InChI=1S/C17H26N4O3S/c1-11-13(3)25-17(18-11)19-15(22)12(2)20-6-8-21(9-7-20)16(23)14-5-4-10-24-14/h12,14H,4-10H2,1-3H3,(H,18,19,22). The highest BCUT2D eigenvalue weighted by molar-refractivity contribution is 7.15. The number of thiazole rings is 1. The van der Waals surface area contributed by atoms with Crippen molar-refractivity contribution >= 4 is 28.3 Å². The quantitative estimate of drug-likeness (QED) is 0.872. The van der Waals surface area contributed by atoms with Crippen molar-refractivity contribution in [2.45, 2.75) is 45.8 Å². The summed E-state index contributed by atoms with van der Waals surface area (Å²) in [6.07, 6.45) is 1.52. The number of carbonyl (C=O) groups excluding carboxylic acids is 2. The number of amides is 2. The molecule has 1 aromatic rings. The summed E-state index contributed by atoms with van der Waals surface area (Å²) in [6.45, 7) is 9.21. The van der Waals surface area contributed by atoms with Crippen LogP contribution in [0.25, 0.3) is 0 Å². The van der Waals surface area contributed by atoms with Gasteiger partial charge in [-0.25, -0.2) is 4.98 Å². The first kappa shape index (κ1) is 18.3.